The molecule has 7 aromatic carbocycles. The van der Waals surface area contributed by atoms with Crippen LogP contribution in [0, 0.1) is 5.92 Å². The number of amides is 6. The molecule has 9 unspecified atom stereocenters. The smallest absolute Gasteiger partial charge is 0.330 e. The standard InChI is InChI=1S/C82H86Cl2N10O23S/c1-34(2)23-48(87-6)74(104)93-65-67(100)41-19-22-53(47(84)26-41)113-55-28-42-27-54(71(55)116-80-72(115-58-32-82(5,86)73(103)36(4)111-58)69(102)68(101)56(114-80)33-118-81-94-61(37-13-9-7-10-14-37)70(117-81)38-15-11-8-12-16-38)112-52-21-18-40(25-46(52)83)66(99)64-78(108)92-63(79(109)110)45-29-43(95)30-51(97)59(45)44-24-39(17-20-50(44)96)60(35(3)88-64)90-76(106)62(42)91-75(105)49(31-57(85)98)89-77(65)107/h7-22,24-30,34,36,48-49,56,58,60,62-69,72-73,80,87-88,95-97,99-103H,3,23,31-33,86H2,1-2,4-6H3,(H2,85,98)(H,89,107)(H,90,106)(H,91,105)(H,92,108)(H,93,104)(H,109,110)/t36?,48-,49-,56?,58?,60-,62+,63+,64-,65+,66+,67+,68?,69?,72?,73?,80?,82?/m0/s1. The van der Waals surface area contributed by atoms with Gasteiger partial charge in [-0.05, 0) is 110 Å². The fourth-order valence-electron chi connectivity index (χ4n) is 14.7. The maximum Gasteiger partial charge on any atom is 0.330 e. The third-order valence-electron chi connectivity index (χ3n) is 20.8. The predicted octanol–water partition coefficient (Wildman–Crippen LogP) is 6.22. The molecule has 36 heteroatoms. The van der Waals surface area contributed by atoms with Gasteiger partial charge in [-0.3, -0.25) is 28.8 Å². The summed E-state index contributed by atoms with van der Waals surface area (Å²) in [6, 6.07) is 19.8. The number of halogens is 2. The van der Waals surface area contributed by atoms with E-state index < -0.39 is 208 Å². The van der Waals surface area contributed by atoms with Crippen LogP contribution in [0.1, 0.15) is 105 Å². The molecule has 18 atom stereocenters. The van der Waals surface area contributed by atoms with Gasteiger partial charge in [-0.15, -0.1) is 0 Å². The molecular weight excluding hydrogens is 1600 g/mol. The van der Waals surface area contributed by atoms with Gasteiger partial charge in [-0.1, -0.05) is 134 Å². The number of primary amides is 1. The Kier molecular flexibility index (Phi) is 25.3. The lowest BCUT2D eigenvalue weighted by Gasteiger charge is -2.47. The number of ether oxygens (including phenoxy) is 6. The number of phenolic OH excluding ortho intramolecular Hbond substituents is 3. The number of likely N-dealkylation sites (N-methyl/N-ethyl adjacent to an activating group) is 1. The molecule has 11 bridgehead atoms. The molecule has 0 aliphatic carbocycles. The number of rotatable bonds is 17. The minimum Gasteiger partial charge on any atom is -0.508 e. The summed E-state index contributed by atoms with van der Waals surface area (Å²) in [6.45, 7) is 11.0. The van der Waals surface area contributed by atoms with E-state index in [-0.39, 0.29) is 79.1 Å². The normalized spacial score (nSPS) is 26.8. The number of phenols is 3. The van der Waals surface area contributed by atoms with Gasteiger partial charge >= 0.3 is 5.97 Å². The number of aromatic hydroxyl groups is 3. The number of nitrogens with zero attached hydrogens (tertiary/aromatic N) is 1. The number of thioether (sulfide) groups is 1. The number of carbonyl (C=O) groups excluding carboxylic acids is 6. The van der Waals surface area contributed by atoms with Crippen LogP contribution in [0.15, 0.2) is 161 Å². The fraction of sp³-hybridized carbons (Fsp3) is 0.341. The third kappa shape index (κ3) is 18.1. The summed E-state index contributed by atoms with van der Waals surface area (Å²) in [5, 5.41) is 125. The molecule has 2 saturated heterocycles. The molecule has 6 amide bonds. The zero-order valence-electron chi connectivity index (χ0n) is 63.7. The highest BCUT2D eigenvalue weighted by Gasteiger charge is 2.52. The van der Waals surface area contributed by atoms with Crippen LogP contribution in [0.4, 0.5) is 0 Å². The molecule has 8 heterocycles. The van der Waals surface area contributed by atoms with Crippen LogP contribution >= 0.6 is 35.0 Å². The van der Waals surface area contributed by atoms with Gasteiger partial charge in [-0.2, -0.15) is 0 Å². The summed E-state index contributed by atoms with van der Waals surface area (Å²) in [7, 11) is 1.49. The Hall–Kier alpha value is -11.1. The number of carbonyl (C=O) groups is 7. The molecule has 20 N–H and O–H groups in total. The molecule has 15 rings (SSSR count). The quantitative estimate of drug-likeness (QED) is 0.0450. The summed E-state index contributed by atoms with van der Waals surface area (Å²) in [6.07, 6.45) is -18.1. The van der Waals surface area contributed by atoms with Crippen molar-refractivity contribution >= 4 is 76.4 Å². The molecule has 8 aromatic rings. The monoisotopic (exact) mass is 1680 g/mol. The second kappa shape index (κ2) is 35.2. The zero-order chi connectivity index (χ0) is 84.6. The highest BCUT2D eigenvalue weighted by atomic mass is 35.5. The Morgan fingerprint density at radius 1 is 0.712 bits per heavy atom. The molecule has 33 nitrogen and oxygen atoms in total. The first-order valence-corrected chi connectivity index (χ1v) is 39.1. The predicted molar refractivity (Wildman–Crippen MR) is 424 cm³/mol. The van der Waals surface area contributed by atoms with Crippen LogP contribution in [-0.4, -0.2) is 184 Å². The van der Waals surface area contributed by atoms with E-state index in [0.717, 1.165) is 48.2 Å². The molecule has 7 aliphatic rings. The van der Waals surface area contributed by atoms with Gasteiger partial charge in [0.25, 0.3) is 5.22 Å². The second-order valence-electron chi connectivity index (χ2n) is 29.9. The molecule has 118 heavy (non-hydrogen) atoms. The van der Waals surface area contributed by atoms with E-state index in [1.165, 1.54) is 56.4 Å². The lowest BCUT2D eigenvalue weighted by atomic mass is 9.86. The number of fused-ring (bicyclic) bond motifs is 15. The minimum atomic E-state index is -2.25. The van der Waals surface area contributed by atoms with Crippen LogP contribution < -0.4 is 62.9 Å². The number of hydrogen-bond donors (Lipinski definition) is 18. The van der Waals surface area contributed by atoms with E-state index in [4.69, 9.17) is 72.5 Å². The number of carboxylic acid groups (broad SMARTS) is 1. The first-order chi connectivity index (χ1) is 56.1. The number of nitrogens with one attached hydrogen (secondary N) is 7. The summed E-state index contributed by atoms with van der Waals surface area (Å²) in [5.74, 6) is -13.4. The number of benzene rings is 7. The summed E-state index contributed by atoms with van der Waals surface area (Å²) >= 11 is 15.5. The van der Waals surface area contributed by atoms with Crippen LogP contribution in [0.25, 0.3) is 33.7 Å². The van der Waals surface area contributed by atoms with Gasteiger partial charge in [-0.25, -0.2) is 9.78 Å². The maximum atomic E-state index is 16.4. The van der Waals surface area contributed by atoms with Crippen molar-refractivity contribution in [1.29, 1.82) is 0 Å². The van der Waals surface area contributed by atoms with Crippen molar-refractivity contribution in [3.8, 4) is 79.7 Å². The number of aromatic nitrogens is 1. The lowest BCUT2D eigenvalue weighted by molar-refractivity contribution is -0.329. The van der Waals surface area contributed by atoms with Gasteiger partial charge in [0.05, 0.1) is 46.9 Å². The van der Waals surface area contributed by atoms with Crippen LogP contribution in [-0.2, 0) is 47.8 Å². The Balaban J connectivity index is 1.03. The lowest BCUT2D eigenvalue weighted by Crippen LogP contribution is -2.64. The van der Waals surface area contributed by atoms with E-state index in [0.29, 0.717) is 22.6 Å². The largest absolute Gasteiger partial charge is 0.508 e. The topological polar surface area (TPSA) is 519 Å². The van der Waals surface area contributed by atoms with Gasteiger partial charge < -0.3 is 127 Å². The number of nitrogens with two attached hydrogens (primary N) is 2. The van der Waals surface area contributed by atoms with Gasteiger partial charge in [0.2, 0.25) is 47.5 Å². The Labute approximate surface area is 688 Å². The number of aliphatic carboxylic acids is 1. The molecule has 622 valence electrons. The van der Waals surface area contributed by atoms with Crippen molar-refractivity contribution in [2.45, 2.75) is 161 Å². The first-order valence-electron chi connectivity index (χ1n) is 37.4. The average Bonchev–Trinajstić information content (AvgIpc) is 1.03. The third-order valence-corrected chi connectivity index (χ3v) is 22.3. The van der Waals surface area contributed by atoms with Gasteiger partial charge in [0.1, 0.15) is 83.0 Å². The van der Waals surface area contributed by atoms with Crippen LogP contribution in [0.5, 0.6) is 46.0 Å². The van der Waals surface area contributed by atoms with E-state index in [9.17, 15) is 60.3 Å². The van der Waals surface area contributed by atoms with Crippen LogP contribution in [0.2, 0.25) is 10.0 Å². The second-order valence-corrected chi connectivity index (χ2v) is 31.7. The molecule has 0 radical (unpaired) electrons. The first kappa shape index (κ1) is 84.8. The molecule has 0 spiro atoms. The molecule has 7 aliphatic heterocycles. The average molecular weight is 1680 g/mol. The summed E-state index contributed by atoms with van der Waals surface area (Å²) < 4.78 is 46.8. The number of aliphatic hydroxyl groups is 5. The van der Waals surface area contributed by atoms with Crippen molar-refractivity contribution in [3.63, 3.8) is 0 Å². The fourth-order valence-corrected chi connectivity index (χ4v) is 16.0. The van der Waals surface area contributed by atoms with E-state index in [1.54, 1.807) is 6.92 Å². The zero-order valence-corrected chi connectivity index (χ0v) is 66.0. The van der Waals surface area contributed by atoms with Gasteiger partial charge in [0.15, 0.2) is 35.7 Å². The number of hydrogen-bond acceptors (Lipinski definition) is 27. The van der Waals surface area contributed by atoms with E-state index >= 15 is 19.2 Å². The Morgan fingerprint density at radius 3 is 1.95 bits per heavy atom. The summed E-state index contributed by atoms with van der Waals surface area (Å²) in [4.78, 5) is 108. The number of oxazole rings is 1. The number of aliphatic hydroxyl groups excluding tert-OH is 5. The van der Waals surface area contributed by atoms with E-state index in [2.05, 4.69) is 43.8 Å². The van der Waals surface area contributed by atoms with Crippen molar-refractivity contribution in [2.75, 3.05) is 12.8 Å². The van der Waals surface area contributed by atoms with Crippen molar-refractivity contribution < 1.29 is 112 Å². The van der Waals surface area contributed by atoms with Crippen molar-refractivity contribution in [1.82, 2.24) is 42.2 Å². The highest BCUT2D eigenvalue weighted by molar-refractivity contribution is 7.99. The van der Waals surface area contributed by atoms with Crippen molar-refractivity contribution in [2.24, 2.45) is 17.4 Å². The van der Waals surface area contributed by atoms with Crippen molar-refractivity contribution in [3.05, 3.63) is 190 Å². The molecular formula is C82H86Cl2N10O23S. The Bertz CT molecular complexity index is 5130. The highest BCUT2D eigenvalue weighted by Crippen LogP contribution is 2.51. The minimum absolute atomic E-state index is 0.0944. The number of carboxylic acids is 1. The SMILES string of the molecule is C=C1N[C@@H]2C(=O)N[C@@H](C(=O)O)c3cc(O)cc(O)c3-c3cc(ccc3O)[C@H]1NC(=O)[C@@H]1NC(=O)[C@H](CC(N)=O)NC(=O)[C@H](NC(=O)[C@H](CC(C)C)NC)[C@H](O)c3ccc(c(Cl)c3)Oc3cc1cc(c3OC1OC(CSc3nc(-c4ccccc4)c(-c4ccccc4)o3)C(O)C(O)C1OC1CC(C)(N)C(O)C(C)O1)Oc1ccc(cc1Cl)[C@H]2O. The maximum absolute atomic E-state index is 16.4. The molecule has 2 fully saturated rings. The van der Waals surface area contributed by atoms with E-state index in [1.807, 2.05) is 74.5 Å². The summed E-state index contributed by atoms with van der Waals surface area (Å²) in [5.41, 5.74) is 10.5. The van der Waals surface area contributed by atoms with Crippen LogP contribution in [0.3, 0.4) is 0 Å². The Morgan fingerprint density at radius 2 is 1.34 bits per heavy atom. The molecule has 1 aromatic heterocycles. The molecule has 0 saturated carbocycles. The van der Waals surface area contributed by atoms with Gasteiger partial charge in [0, 0.05) is 57.3 Å².